The van der Waals surface area contributed by atoms with E-state index in [0.29, 0.717) is 13.0 Å². The molecular formula is C15H18FNO2. The molecule has 1 aromatic heterocycles. The zero-order chi connectivity index (χ0) is 14.0. The Morgan fingerprint density at radius 3 is 2.79 bits per heavy atom. The molecule has 2 rings (SSSR count). The van der Waals surface area contributed by atoms with Gasteiger partial charge < -0.3 is 9.67 Å². The van der Waals surface area contributed by atoms with Crippen molar-refractivity contribution in [3.05, 3.63) is 36.3 Å². The first kappa shape index (κ1) is 13.6. The van der Waals surface area contributed by atoms with Crippen LogP contribution in [0.4, 0.5) is 4.39 Å². The van der Waals surface area contributed by atoms with Crippen LogP contribution >= 0.6 is 0 Å². The Hall–Kier alpha value is -1.84. The van der Waals surface area contributed by atoms with Gasteiger partial charge in [0, 0.05) is 12.7 Å². The number of aromatic nitrogens is 1. The van der Waals surface area contributed by atoms with Crippen LogP contribution in [0.1, 0.15) is 26.7 Å². The van der Waals surface area contributed by atoms with Crippen molar-refractivity contribution in [2.45, 2.75) is 33.2 Å². The molecule has 102 valence electrons. The molecular weight excluding hydrogens is 245 g/mol. The summed E-state index contributed by atoms with van der Waals surface area (Å²) >= 11 is 0. The minimum absolute atomic E-state index is 0.252. The van der Waals surface area contributed by atoms with Crippen molar-refractivity contribution in [2.75, 3.05) is 0 Å². The average Bonchev–Trinajstić information content (AvgIpc) is 2.71. The fourth-order valence-electron chi connectivity index (χ4n) is 2.15. The first-order valence-electron chi connectivity index (χ1n) is 6.38. The van der Waals surface area contributed by atoms with Gasteiger partial charge >= 0.3 is 5.97 Å². The third kappa shape index (κ3) is 2.95. The third-order valence-electron chi connectivity index (χ3n) is 3.52. The first-order valence-corrected chi connectivity index (χ1v) is 6.38. The SMILES string of the molecule is CC(C)(CCCn1ccc2ccc(F)cc21)C(=O)O. The number of aryl methyl sites for hydroxylation is 1. The summed E-state index contributed by atoms with van der Waals surface area (Å²) in [6, 6.07) is 6.65. The molecule has 1 aromatic carbocycles. The molecule has 0 aliphatic heterocycles. The van der Waals surface area contributed by atoms with Gasteiger partial charge in [0.05, 0.1) is 10.9 Å². The standard InChI is InChI=1S/C15H18FNO2/c1-15(2,14(18)19)7-3-8-17-9-6-11-4-5-12(16)10-13(11)17/h4-6,9-10H,3,7-8H2,1-2H3,(H,18,19). The van der Waals surface area contributed by atoms with Gasteiger partial charge in [0.1, 0.15) is 5.82 Å². The Morgan fingerprint density at radius 2 is 2.11 bits per heavy atom. The summed E-state index contributed by atoms with van der Waals surface area (Å²) in [7, 11) is 0. The van der Waals surface area contributed by atoms with Crippen molar-refractivity contribution >= 4 is 16.9 Å². The molecule has 0 aliphatic rings. The number of aliphatic carboxylic acids is 1. The van der Waals surface area contributed by atoms with Gasteiger partial charge in [-0.05, 0) is 56.3 Å². The predicted octanol–water partition coefficient (Wildman–Crippen LogP) is 3.67. The fourth-order valence-corrected chi connectivity index (χ4v) is 2.15. The summed E-state index contributed by atoms with van der Waals surface area (Å²) < 4.78 is 15.2. The number of carboxylic acids is 1. The van der Waals surface area contributed by atoms with Crippen LogP contribution in [0, 0.1) is 11.2 Å². The maximum absolute atomic E-state index is 13.2. The zero-order valence-electron chi connectivity index (χ0n) is 11.2. The van der Waals surface area contributed by atoms with E-state index in [2.05, 4.69) is 0 Å². The van der Waals surface area contributed by atoms with Crippen LogP contribution in [0.3, 0.4) is 0 Å². The summed E-state index contributed by atoms with van der Waals surface area (Å²) in [6.45, 7) is 4.15. The van der Waals surface area contributed by atoms with Gasteiger partial charge in [0.2, 0.25) is 0 Å². The molecule has 0 saturated carbocycles. The van der Waals surface area contributed by atoms with Crippen LogP contribution in [0.25, 0.3) is 10.9 Å². The van der Waals surface area contributed by atoms with E-state index in [1.807, 2.05) is 16.8 Å². The molecule has 19 heavy (non-hydrogen) atoms. The number of fused-ring (bicyclic) bond motifs is 1. The first-order chi connectivity index (χ1) is 8.90. The second-order valence-corrected chi connectivity index (χ2v) is 5.50. The highest BCUT2D eigenvalue weighted by atomic mass is 19.1. The number of benzene rings is 1. The van der Waals surface area contributed by atoms with Gasteiger partial charge in [0.15, 0.2) is 0 Å². The summed E-state index contributed by atoms with van der Waals surface area (Å²) in [4.78, 5) is 11.0. The number of hydrogen-bond donors (Lipinski definition) is 1. The largest absolute Gasteiger partial charge is 0.481 e. The Labute approximate surface area is 111 Å². The molecule has 0 atom stereocenters. The van der Waals surface area contributed by atoms with Crippen LogP contribution in [-0.4, -0.2) is 15.6 Å². The Morgan fingerprint density at radius 1 is 1.37 bits per heavy atom. The van der Waals surface area contributed by atoms with Crippen LogP contribution in [-0.2, 0) is 11.3 Å². The van der Waals surface area contributed by atoms with E-state index in [1.54, 1.807) is 19.9 Å². The lowest BCUT2D eigenvalue weighted by Crippen LogP contribution is -2.23. The normalized spacial score (nSPS) is 11.9. The topological polar surface area (TPSA) is 42.2 Å². The Bertz CT molecular complexity index is 601. The highest BCUT2D eigenvalue weighted by Crippen LogP contribution is 2.24. The Balaban J connectivity index is 2.06. The van der Waals surface area contributed by atoms with Crippen molar-refractivity contribution in [1.29, 1.82) is 0 Å². The number of rotatable bonds is 5. The maximum Gasteiger partial charge on any atom is 0.309 e. The van der Waals surface area contributed by atoms with Crippen molar-refractivity contribution in [2.24, 2.45) is 5.41 Å². The predicted molar refractivity (Wildman–Crippen MR) is 72.5 cm³/mol. The van der Waals surface area contributed by atoms with Crippen LogP contribution in [0.15, 0.2) is 30.5 Å². The van der Waals surface area contributed by atoms with Crippen molar-refractivity contribution in [3.63, 3.8) is 0 Å². The average molecular weight is 263 g/mol. The molecule has 0 aliphatic carbocycles. The molecule has 1 N–H and O–H groups in total. The molecule has 0 radical (unpaired) electrons. The molecule has 2 aromatic rings. The summed E-state index contributed by atoms with van der Waals surface area (Å²) in [5.74, 6) is -1.03. The third-order valence-corrected chi connectivity index (χ3v) is 3.52. The molecule has 4 heteroatoms. The number of carboxylic acid groups (broad SMARTS) is 1. The van der Waals surface area contributed by atoms with E-state index < -0.39 is 11.4 Å². The van der Waals surface area contributed by atoms with E-state index in [4.69, 9.17) is 5.11 Å². The summed E-state index contributed by atoms with van der Waals surface area (Å²) in [5, 5.41) is 10.0. The van der Waals surface area contributed by atoms with Gasteiger partial charge in [-0.3, -0.25) is 4.79 Å². The van der Waals surface area contributed by atoms with Crippen molar-refractivity contribution < 1.29 is 14.3 Å². The van der Waals surface area contributed by atoms with Gasteiger partial charge in [-0.15, -0.1) is 0 Å². The lowest BCUT2D eigenvalue weighted by molar-refractivity contribution is -0.147. The van der Waals surface area contributed by atoms with Crippen LogP contribution in [0.5, 0.6) is 0 Å². The number of hydrogen-bond acceptors (Lipinski definition) is 1. The molecule has 0 spiro atoms. The van der Waals surface area contributed by atoms with Crippen molar-refractivity contribution in [1.82, 2.24) is 4.57 Å². The van der Waals surface area contributed by atoms with Gasteiger partial charge in [-0.1, -0.05) is 0 Å². The van der Waals surface area contributed by atoms with Gasteiger partial charge in [0.25, 0.3) is 0 Å². The second kappa shape index (κ2) is 5.03. The second-order valence-electron chi connectivity index (χ2n) is 5.50. The minimum atomic E-state index is -0.782. The molecule has 1 heterocycles. The van der Waals surface area contributed by atoms with Crippen molar-refractivity contribution in [3.8, 4) is 0 Å². The fraction of sp³-hybridized carbons (Fsp3) is 0.400. The summed E-state index contributed by atoms with van der Waals surface area (Å²) in [6.07, 6.45) is 3.26. The van der Waals surface area contributed by atoms with E-state index in [-0.39, 0.29) is 5.82 Å². The maximum atomic E-state index is 13.2. The van der Waals surface area contributed by atoms with E-state index in [1.165, 1.54) is 12.1 Å². The molecule has 3 nitrogen and oxygen atoms in total. The zero-order valence-corrected chi connectivity index (χ0v) is 11.2. The van der Waals surface area contributed by atoms with Crippen LogP contribution < -0.4 is 0 Å². The molecule has 0 unspecified atom stereocenters. The molecule has 0 bridgehead atoms. The Kier molecular flexibility index (Phi) is 3.60. The quantitative estimate of drug-likeness (QED) is 0.894. The van der Waals surface area contributed by atoms with Crippen LogP contribution in [0.2, 0.25) is 0 Å². The smallest absolute Gasteiger partial charge is 0.309 e. The number of nitrogens with zero attached hydrogens (tertiary/aromatic N) is 1. The van der Waals surface area contributed by atoms with E-state index in [0.717, 1.165) is 17.3 Å². The lowest BCUT2D eigenvalue weighted by atomic mass is 9.88. The monoisotopic (exact) mass is 263 g/mol. The highest BCUT2D eigenvalue weighted by Gasteiger charge is 2.26. The van der Waals surface area contributed by atoms with Gasteiger partial charge in [-0.25, -0.2) is 4.39 Å². The number of carbonyl (C=O) groups is 1. The summed E-state index contributed by atoms with van der Waals surface area (Å²) in [5.41, 5.74) is 0.141. The molecule has 0 fully saturated rings. The van der Waals surface area contributed by atoms with E-state index in [9.17, 15) is 9.18 Å². The van der Waals surface area contributed by atoms with Gasteiger partial charge in [-0.2, -0.15) is 0 Å². The molecule has 0 amide bonds. The molecule has 0 saturated heterocycles. The highest BCUT2D eigenvalue weighted by molar-refractivity contribution is 5.80. The minimum Gasteiger partial charge on any atom is -0.481 e. The lowest BCUT2D eigenvalue weighted by Gasteiger charge is -2.18. The van der Waals surface area contributed by atoms with E-state index >= 15 is 0 Å². The number of halogens is 1.